The zero-order chi connectivity index (χ0) is 14.8. The first-order valence-corrected chi connectivity index (χ1v) is 7.08. The number of aromatic amines is 1. The number of rotatable bonds is 3. The minimum absolute atomic E-state index is 0.229. The molecule has 3 rings (SSSR count). The van der Waals surface area contributed by atoms with Gasteiger partial charge >= 0.3 is 5.97 Å². The molecule has 0 aliphatic heterocycles. The number of carboxylic acids is 1. The molecule has 0 bridgehead atoms. The molecule has 0 aliphatic rings. The van der Waals surface area contributed by atoms with E-state index in [1.807, 2.05) is 30.3 Å². The van der Waals surface area contributed by atoms with Gasteiger partial charge in [0.25, 0.3) is 0 Å². The lowest BCUT2D eigenvalue weighted by molar-refractivity contribution is -0.130. The summed E-state index contributed by atoms with van der Waals surface area (Å²) < 4.78 is 0.747. The van der Waals surface area contributed by atoms with Crippen LogP contribution in [0.3, 0.4) is 0 Å². The number of halogens is 1. The van der Waals surface area contributed by atoms with Gasteiger partial charge in [-0.15, -0.1) is 0 Å². The largest absolute Gasteiger partial charge is 0.478 e. The third-order valence-electron chi connectivity index (χ3n) is 3.18. The molecular weight excluding hydrogens is 332 g/mol. The molecule has 2 N–H and O–H groups in total. The minimum Gasteiger partial charge on any atom is -0.478 e. The summed E-state index contributed by atoms with van der Waals surface area (Å²) in [7, 11) is 0. The van der Waals surface area contributed by atoms with E-state index in [-0.39, 0.29) is 5.57 Å². The fourth-order valence-corrected chi connectivity index (χ4v) is 2.68. The number of nitrogens with zero attached hydrogens (tertiary/aromatic N) is 1. The first-order chi connectivity index (χ1) is 10.2. The lowest BCUT2D eigenvalue weighted by atomic mass is 10.0. The first-order valence-electron chi connectivity index (χ1n) is 6.29. The van der Waals surface area contributed by atoms with Gasteiger partial charge < -0.3 is 10.1 Å². The molecule has 5 heteroatoms. The van der Waals surface area contributed by atoms with Gasteiger partial charge in [0.05, 0.1) is 5.57 Å². The van der Waals surface area contributed by atoms with E-state index in [1.165, 1.54) is 0 Å². The molecule has 0 radical (unpaired) electrons. The highest BCUT2D eigenvalue weighted by Crippen LogP contribution is 2.28. The summed E-state index contributed by atoms with van der Waals surface area (Å²) in [4.78, 5) is 18.8. The number of nitrogens with one attached hydrogen (secondary N) is 1. The van der Waals surface area contributed by atoms with Crippen molar-refractivity contribution in [1.82, 2.24) is 9.97 Å². The molecule has 104 valence electrons. The van der Waals surface area contributed by atoms with Gasteiger partial charge in [-0.2, -0.15) is 0 Å². The third-order valence-corrected chi connectivity index (χ3v) is 3.87. The number of benzene rings is 1. The van der Waals surface area contributed by atoms with Gasteiger partial charge in [0.15, 0.2) is 0 Å². The molecule has 0 saturated heterocycles. The Kier molecular flexibility index (Phi) is 3.58. The maximum atomic E-state index is 11.6. The van der Waals surface area contributed by atoms with E-state index in [2.05, 4.69) is 25.9 Å². The van der Waals surface area contributed by atoms with E-state index >= 15 is 0 Å². The quantitative estimate of drug-likeness (QED) is 0.708. The van der Waals surface area contributed by atoms with E-state index in [9.17, 15) is 9.90 Å². The number of carbonyl (C=O) groups is 1. The van der Waals surface area contributed by atoms with Gasteiger partial charge in [0, 0.05) is 33.4 Å². The summed E-state index contributed by atoms with van der Waals surface area (Å²) in [5.41, 5.74) is 2.40. The zero-order valence-corrected chi connectivity index (χ0v) is 12.5. The molecule has 4 nitrogen and oxygen atoms in total. The Labute approximate surface area is 129 Å². The molecule has 0 unspecified atom stereocenters. The molecule has 0 spiro atoms. The van der Waals surface area contributed by atoms with Gasteiger partial charge in [-0.05, 0) is 24.3 Å². The second-order valence-electron chi connectivity index (χ2n) is 4.49. The van der Waals surface area contributed by atoms with Gasteiger partial charge in [-0.1, -0.05) is 34.1 Å². The lowest BCUT2D eigenvalue weighted by Crippen LogP contribution is -2.00. The van der Waals surface area contributed by atoms with Crippen LogP contribution >= 0.6 is 15.9 Å². The normalized spacial score (nSPS) is 11.8. The average Bonchev–Trinajstić information content (AvgIpc) is 2.89. The zero-order valence-electron chi connectivity index (χ0n) is 10.9. The molecule has 0 aliphatic carbocycles. The second kappa shape index (κ2) is 5.54. The van der Waals surface area contributed by atoms with Gasteiger partial charge in [0.1, 0.15) is 5.65 Å². The van der Waals surface area contributed by atoms with E-state index < -0.39 is 5.97 Å². The Hall–Kier alpha value is -2.40. The number of pyridine rings is 1. The van der Waals surface area contributed by atoms with Gasteiger partial charge in [0.2, 0.25) is 0 Å². The summed E-state index contributed by atoms with van der Waals surface area (Å²) in [6.07, 6.45) is 5.11. The van der Waals surface area contributed by atoms with Crippen molar-refractivity contribution in [2.75, 3.05) is 0 Å². The van der Waals surface area contributed by atoms with E-state index in [0.29, 0.717) is 5.56 Å². The first kappa shape index (κ1) is 13.6. The maximum absolute atomic E-state index is 11.6. The number of carboxylic acid groups (broad SMARTS) is 1. The summed E-state index contributed by atoms with van der Waals surface area (Å²) in [6, 6.07) is 11.0. The van der Waals surface area contributed by atoms with Crippen LogP contribution in [0.1, 0.15) is 11.1 Å². The Morgan fingerprint density at radius 1 is 1.24 bits per heavy atom. The smallest absolute Gasteiger partial charge is 0.336 e. The van der Waals surface area contributed by atoms with E-state index in [0.717, 1.165) is 21.1 Å². The molecule has 2 heterocycles. The predicted octanol–water partition coefficient (Wildman–Crippen LogP) is 3.95. The van der Waals surface area contributed by atoms with Crippen molar-refractivity contribution < 1.29 is 9.90 Å². The molecular formula is C16H11BrN2O2. The number of H-pyrrole nitrogens is 1. The third kappa shape index (κ3) is 2.60. The van der Waals surface area contributed by atoms with Crippen molar-refractivity contribution in [3.63, 3.8) is 0 Å². The standard InChI is InChI=1S/C16H11BrN2O2/c17-14-6-2-1-4-12(14)13(16(20)21)8-10-9-19-15-11(10)5-3-7-18-15/h1-9H,(H,18,19)(H,20,21). The number of hydrogen-bond acceptors (Lipinski definition) is 2. The Bertz CT molecular complexity index is 852. The summed E-state index contributed by atoms with van der Waals surface area (Å²) in [5.74, 6) is -0.972. The topological polar surface area (TPSA) is 66.0 Å². The monoisotopic (exact) mass is 342 g/mol. The van der Waals surface area contributed by atoms with Crippen molar-refractivity contribution in [3.05, 3.63) is 64.4 Å². The van der Waals surface area contributed by atoms with Crippen LogP contribution in [0.2, 0.25) is 0 Å². The van der Waals surface area contributed by atoms with Crippen LogP contribution in [0, 0.1) is 0 Å². The fraction of sp³-hybridized carbons (Fsp3) is 0. The minimum atomic E-state index is -0.972. The lowest BCUT2D eigenvalue weighted by Gasteiger charge is -2.05. The van der Waals surface area contributed by atoms with Crippen LogP contribution in [0.4, 0.5) is 0 Å². The summed E-state index contributed by atoms with van der Waals surface area (Å²) >= 11 is 3.39. The van der Waals surface area contributed by atoms with E-state index in [4.69, 9.17) is 0 Å². The van der Waals surface area contributed by atoms with Gasteiger partial charge in [-0.25, -0.2) is 9.78 Å². The van der Waals surface area contributed by atoms with Crippen LogP contribution in [-0.2, 0) is 4.79 Å². The molecule has 3 aromatic rings. The maximum Gasteiger partial charge on any atom is 0.336 e. The molecule has 2 aromatic heterocycles. The van der Waals surface area contributed by atoms with Gasteiger partial charge in [-0.3, -0.25) is 0 Å². The number of hydrogen-bond donors (Lipinski definition) is 2. The highest BCUT2D eigenvalue weighted by atomic mass is 79.9. The number of aliphatic carboxylic acids is 1. The molecule has 0 amide bonds. The Morgan fingerprint density at radius 3 is 2.81 bits per heavy atom. The highest BCUT2D eigenvalue weighted by molar-refractivity contribution is 9.10. The molecule has 0 atom stereocenters. The summed E-state index contributed by atoms with van der Waals surface area (Å²) in [5, 5.41) is 10.4. The molecule has 21 heavy (non-hydrogen) atoms. The van der Waals surface area contributed by atoms with Crippen molar-refractivity contribution in [1.29, 1.82) is 0 Å². The number of aromatic nitrogens is 2. The van der Waals surface area contributed by atoms with Crippen molar-refractivity contribution in [2.45, 2.75) is 0 Å². The summed E-state index contributed by atoms with van der Waals surface area (Å²) in [6.45, 7) is 0. The second-order valence-corrected chi connectivity index (χ2v) is 5.34. The Morgan fingerprint density at radius 2 is 2.05 bits per heavy atom. The van der Waals surface area contributed by atoms with E-state index in [1.54, 1.807) is 24.5 Å². The fourth-order valence-electron chi connectivity index (χ4n) is 2.19. The van der Waals surface area contributed by atoms with Crippen LogP contribution in [-0.4, -0.2) is 21.0 Å². The SMILES string of the molecule is O=C(O)C(=Cc1c[nH]c2ncccc12)c1ccccc1Br. The van der Waals surface area contributed by atoms with Crippen molar-refractivity contribution in [3.8, 4) is 0 Å². The average molecular weight is 343 g/mol. The highest BCUT2D eigenvalue weighted by Gasteiger charge is 2.14. The van der Waals surface area contributed by atoms with Crippen molar-refractivity contribution >= 4 is 44.6 Å². The number of fused-ring (bicyclic) bond motifs is 1. The molecule has 1 aromatic carbocycles. The van der Waals surface area contributed by atoms with Crippen LogP contribution < -0.4 is 0 Å². The molecule has 0 saturated carbocycles. The van der Waals surface area contributed by atoms with Crippen LogP contribution in [0.15, 0.2) is 53.3 Å². The predicted molar refractivity (Wildman–Crippen MR) is 85.7 cm³/mol. The van der Waals surface area contributed by atoms with Crippen LogP contribution in [0.5, 0.6) is 0 Å². The molecule has 0 fully saturated rings. The Balaban J connectivity index is 2.18. The van der Waals surface area contributed by atoms with Crippen LogP contribution in [0.25, 0.3) is 22.7 Å². The van der Waals surface area contributed by atoms with Crippen molar-refractivity contribution in [2.24, 2.45) is 0 Å².